The fourth-order valence-electron chi connectivity index (χ4n) is 3.30. The van der Waals surface area contributed by atoms with Crippen molar-refractivity contribution >= 4 is 33.7 Å². The average molecular weight is 336 g/mol. The van der Waals surface area contributed by atoms with Gasteiger partial charge in [-0.25, -0.2) is 9.97 Å². The van der Waals surface area contributed by atoms with Crippen LogP contribution < -0.4 is 4.74 Å². The number of hydrogen-bond acceptors (Lipinski definition) is 4. The van der Waals surface area contributed by atoms with Gasteiger partial charge in [0.25, 0.3) is 0 Å². The molecule has 0 aliphatic rings. The quantitative estimate of drug-likeness (QED) is 0.530. The predicted molar refractivity (Wildman–Crippen MR) is 97.0 cm³/mol. The van der Waals surface area contributed by atoms with E-state index in [0.29, 0.717) is 5.75 Å². The van der Waals surface area contributed by atoms with Gasteiger partial charge >= 0.3 is 5.97 Å². The second-order valence-corrected chi connectivity index (χ2v) is 6.37. The number of fused-ring (bicyclic) bond motifs is 5. The van der Waals surface area contributed by atoms with Gasteiger partial charge in [-0.3, -0.25) is 9.20 Å². The lowest BCUT2D eigenvalue weighted by Crippen LogP contribution is -2.05. The summed E-state index contributed by atoms with van der Waals surface area (Å²) >= 11 is 0. The highest BCUT2D eigenvalue weighted by molar-refractivity contribution is 6.00. The average Bonchev–Trinajstić information content (AvgIpc) is 3.12. The minimum atomic E-state index is -0.349. The molecule has 4 aromatic rings. The van der Waals surface area contributed by atoms with E-state index in [2.05, 4.69) is 18.4 Å². The Hall–Kier alpha value is -2.89. The largest absolute Gasteiger partial charge is 0.424 e. The van der Waals surface area contributed by atoms with E-state index in [1.54, 1.807) is 0 Å². The number of rotatable bonds is 3. The fraction of sp³-hybridized carbons (Fsp3) is 0.316. The van der Waals surface area contributed by atoms with E-state index < -0.39 is 0 Å². The summed E-state index contributed by atoms with van der Waals surface area (Å²) in [5.41, 5.74) is 3.45. The molecule has 0 amide bonds. The zero-order chi connectivity index (χ0) is 17.7. The Kier molecular flexibility index (Phi) is 3.49. The van der Waals surface area contributed by atoms with E-state index in [4.69, 9.17) is 14.7 Å². The minimum Gasteiger partial charge on any atom is -0.424 e. The molecule has 0 fully saturated rings. The number of hydrogen-bond donors (Lipinski definition) is 0. The summed E-state index contributed by atoms with van der Waals surface area (Å²) < 4.78 is 9.58. The number of ether oxygens (including phenoxy) is 1. The van der Waals surface area contributed by atoms with Crippen molar-refractivity contribution in [1.29, 1.82) is 0 Å². The Labute approximate surface area is 145 Å². The van der Waals surface area contributed by atoms with Gasteiger partial charge in [-0.15, -0.1) is 0 Å². The molecule has 1 aromatic carbocycles. The molecule has 6 heteroatoms. The van der Waals surface area contributed by atoms with E-state index in [1.165, 1.54) is 6.92 Å². The number of benzene rings is 1. The van der Waals surface area contributed by atoms with Gasteiger partial charge in [-0.2, -0.15) is 0 Å². The molecule has 0 N–H and O–H groups in total. The van der Waals surface area contributed by atoms with Gasteiger partial charge < -0.3 is 9.30 Å². The number of carbonyl (C=O) groups excluding carboxylic acids is 1. The zero-order valence-electron chi connectivity index (χ0n) is 14.8. The predicted octanol–water partition coefficient (Wildman–Crippen LogP) is 4.04. The van der Waals surface area contributed by atoms with Crippen LogP contribution in [0.5, 0.6) is 5.75 Å². The van der Waals surface area contributed by atoms with Crippen molar-refractivity contribution in [3.63, 3.8) is 0 Å². The summed E-state index contributed by atoms with van der Waals surface area (Å²) in [4.78, 5) is 21.2. The molecule has 0 saturated carbocycles. The van der Waals surface area contributed by atoms with E-state index in [-0.39, 0.29) is 12.0 Å². The molecule has 25 heavy (non-hydrogen) atoms. The van der Waals surface area contributed by atoms with Crippen LogP contribution in [0.2, 0.25) is 0 Å². The molecule has 0 radical (unpaired) electrons. The second-order valence-electron chi connectivity index (χ2n) is 6.37. The highest BCUT2D eigenvalue weighted by Crippen LogP contribution is 2.35. The Bertz CT molecular complexity index is 1120. The van der Waals surface area contributed by atoms with Gasteiger partial charge in [0, 0.05) is 19.2 Å². The first-order chi connectivity index (χ1) is 12.0. The molecular weight excluding hydrogens is 316 g/mol. The van der Waals surface area contributed by atoms with Gasteiger partial charge in [0.2, 0.25) is 0 Å². The number of imidazole rings is 1. The molecule has 0 aliphatic carbocycles. The zero-order valence-corrected chi connectivity index (χ0v) is 14.8. The molecule has 0 spiro atoms. The topological polar surface area (TPSA) is 61.4 Å². The number of carbonyl (C=O) groups is 1. The maximum Gasteiger partial charge on any atom is 0.308 e. The Morgan fingerprint density at radius 1 is 1.24 bits per heavy atom. The van der Waals surface area contributed by atoms with Crippen LogP contribution in [0.15, 0.2) is 30.5 Å². The number of esters is 1. The molecule has 6 nitrogen and oxygen atoms in total. The van der Waals surface area contributed by atoms with Gasteiger partial charge in [0.15, 0.2) is 11.4 Å². The number of nitrogens with zero attached hydrogens (tertiary/aromatic N) is 4. The maximum absolute atomic E-state index is 11.6. The van der Waals surface area contributed by atoms with Crippen LogP contribution in [0.25, 0.3) is 27.7 Å². The van der Waals surface area contributed by atoms with Crippen LogP contribution in [0, 0.1) is 6.92 Å². The van der Waals surface area contributed by atoms with Crippen LogP contribution >= 0.6 is 0 Å². The number of para-hydroxylation sites is 2. The Balaban J connectivity index is 2.18. The van der Waals surface area contributed by atoms with Gasteiger partial charge in [-0.1, -0.05) is 19.1 Å². The van der Waals surface area contributed by atoms with Crippen molar-refractivity contribution in [3.05, 3.63) is 36.3 Å². The molecule has 0 bridgehead atoms. The standard InChI is InChI=1S/C19H20N4O2/c1-5-11(2)22-10-16(25-13(4)24)17-18(22)20-12(3)23-15-9-7-6-8-14(15)21-19(17)23/h6-11H,5H2,1-4H3. The fourth-order valence-corrected chi connectivity index (χ4v) is 3.30. The van der Waals surface area contributed by atoms with Crippen molar-refractivity contribution in [2.75, 3.05) is 0 Å². The monoisotopic (exact) mass is 336 g/mol. The molecular formula is C19H20N4O2. The van der Waals surface area contributed by atoms with Crippen LogP contribution in [-0.2, 0) is 4.79 Å². The smallest absolute Gasteiger partial charge is 0.308 e. The van der Waals surface area contributed by atoms with Gasteiger partial charge in [0.05, 0.1) is 11.0 Å². The van der Waals surface area contributed by atoms with Crippen molar-refractivity contribution in [3.8, 4) is 5.75 Å². The normalized spacial score (nSPS) is 13.0. The summed E-state index contributed by atoms with van der Waals surface area (Å²) in [6, 6.07) is 8.19. The molecule has 1 atom stereocenters. The first kappa shape index (κ1) is 15.6. The first-order valence-electron chi connectivity index (χ1n) is 8.48. The third-order valence-electron chi connectivity index (χ3n) is 4.67. The van der Waals surface area contributed by atoms with E-state index in [1.807, 2.05) is 41.8 Å². The second kappa shape index (κ2) is 5.58. The van der Waals surface area contributed by atoms with Gasteiger partial charge in [-0.05, 0) is 32.4 Å². The van der Waals surface area contributed by atoms with Crippen molar-refractivity contribution < 1.29 is 9.53 Å². The lowest BCUT2D eigenvalue weighted by Gasteiger charge is -2.12. The molecule has 4 rings (SSSR count). The van der Waals surface area contributed by atoms with Crippen LogP contribution in [0.1, 0.15) is 39.1 Å². The number of aryl methyl sites for hydroxylation is 1. The highest BCUT2D eigenvalue weighted by Gasteiger charge is 2.22. The van der Waals surface area contributed by atoms with Crippen molar-refractivity contribution in [2.45, 2.75) is 40.2 Å². The molecule has 1 unspecified atom stereocenters. The lowest BCUT2D eigenvalue weighted by molar-refractivity contribution is -0.131. The summed E-state index contributed by atoms with van der Waals surface area (Å²) in [5, 5.41) is 0.775. The summed E-state index contributed by atoms with van der Waals surface area (Å²) in [5.74, 6) is 1.02. The molecule has 128 valence electrons. The van der Waals surface area contributed by atoms with Crippen molar-refractivity contribution in [2.24, 2.45) is 0 Å². The first-order valence-corrected chi connectivity index (χ1v) is 8.48. The van der Waals surface area contributed by atoms with E-state index >= 15 is 0 Å². The van der Waals surface area contributed by atoms with E-state index in [9.17, 15) is 4.79 Å². The summed E-state index contributed by atoms with van der Waals surface area (Å²) in [6.07, 6.45) is 2.82. The minimum absolute atomic E-state index is 0.241. The van der Waals surface area contributed by atoms with Crippen LogP contribution in [0.4, 0.5) is 0 Å². The highest BCUT2D eigenvalue weighted by atomic mass is 16.5. The van der Waals surface area contributed by atoms with E-state index in [0.717, 1.165) is 40.0 Å². The molecule has 0 saturated heterocycles. The summed E-state index contributed by atoms with van der Waals surface area (Å²) in [7, 11) is 0. The maximum atomic E-state index is 11.6. The van der Waals surface area contributed by atoms with Crippen LogP contribution in [-0.4, -0.2) is 24.9 Å². The van der Waals surface area contributed by atoms with Crippen molar-refractivity contribution in [1.82, 2.24) is 18.9 Å². The lowest BCUT2D eigenvalue weighted by atomic mass is 10.2. The molecule has 3 heterocycles. The molecule has 0 aliphatic heterocycles. The molecule has 3 aromatic heterocycles. The Morgan fingerprint density at radius 2 is 2.00 bits per heavy atom. The SMILES string of the molecule is CCC(C)n1cc(OC(C)=O)c2c1nc(C)n1c3ccccc3nc21. The number of aromatic nitrogens is 4. The Morgan fingerprint density at radius 3 is 2.72 bits per heavy atom. The van der Waals surface area contributed by atoms with Crippen LogP contribution in [0.3, 0.4) is 0 Å². The third-order valence-corrected chi connectivity index (χ3v) is 4.67. The summed E-state index contributed by atoms with van der Waals surface area (Å²) in [6.45, 7) is 7.63. The third kappa shape index (κ3) is 2.28. The van der Waals surface area contributed by atoms with Gasteiger partial charge in [0.1, 0.15) is 16.9 Å².